The highest BCUT2D eigenvalue weighted by Crippen LogP contribution is 2.34. The van der Waals surface area contributed by atoms with Crippen LogP contribution in [-0.2, 0) is 23.7 Å². The van der Waals surface area contributed by atoms with Crippen LogP contribution in [0.5, 0.6) is 0 Å². The Hall–Kier alpha value is -0.890. The Kier molecular flexibility index (Phi) is 20.3. The summed E-state index contributed by atoms with van der Waals surface area (Å²) >= 11 is 0. The highest BCUT2D eigenvalue weighted by molar-refractivity contribution is 5.76. The van der Waals surface area contributed by atoms with Gasteiger partial charge in [0.15, 0.2) is 12.6 Å². The first-order valence-electron chi connectivity index (χ1n) is 19.0. The van der Waals surface area contributed by atoms with Gasteiger partial charge in [-0.2, -0.15) is 0 Å². The first-order chi connectivity index (χ1) is 22.8. The van der Waals surface area contributed by atoms with E-state index in [4.69, 9.17) is 18.9 Å². The number of aliphatic hydroxyl groups excluding tert-OH is 5. The van der Waals surface area contributed by atoms with E-state index in [0.29, 0.717) is 6.42 Å². The Morgan fingerprint density at radius 2 is 1.23 bits per heavy atom. The predicted molar refractivity (Wildman–Crippen MR) is 178 cm³/mol. The van der Waals surface area contributed by atoms with E-state index in [9.17, 15) is 30.3 Å². The van der Waals surface area contributed by atoms with Gasteiger partial charge < -0.3 is 49.8 Å². The summed E-state index contributed by atoms with van der Waals surface area (Å²) in [6.07, 6.45) is 15.6. The molecule has 1 amide bonds. The molecule has 3 fully saturated rings. The molecule has 0 aromatic heterocycles. The topological polar surface area (TPSA) is 167 Å². The smallest absolute Gasteiger partial charge is 0.220 e. The van der Waals surface area contributed by atoms with Crippen molar-refractivity contribution in [2.75, 3.05) is 19.8 Å². The van der Waals surface area contributed by atoms with Crippen molar-refractivity contribution in [2.45, 2.75) is 197 Å². The molecule has 6 N–H and O–H groups in total. The highest BCUT2D eigenvalue weighted by Gasteiger charge is 2.56. The summed E-state index contributed by atoms with van der Waals surface area (Å²) in [6, 6.07) is -0.941. The SMILES string of the molecule is CC[C@@H](O)[C@@H](O)[C@H](COC1OC2C(O)OC2C(O)C1O)NC(=O)CCCCCCCCCCCCCCCCCCCCC1COC1. The standard InChI is InChI=1S/C36H67NO10/c1-2-28(38)30(40)27(25-45-36-32(42)31(41)33-34(47-36)35(43)46-33)37-29(39)22-20-18-16-14-12-10-8-6-4-3-5-7-9-11-13-15-17-19-21-26-23-44-24-26/h26-28,30-36,38,40-43H,2-25H2,1H3,(H,37,39)/t27-,28+,30-,31?,32?,33?,34?,35?,36?/m0/s1. The van der Waals surface area contributed by atoms with Crippen LogP contribution >= 0.6 is 0 Å². The lowest BCUT2D eigenvalue weighted by Crippen LogP contribution is -2.70. The van der Waals surface area contributed by atoms with Gasteiger partial charge in [0.25, 0.3) is 0 Å². The number of nitrogens with one attached hydrogen (secondary N) is 1. The van der Waals surface area contributed by atoms with Crippen LogP contribution in [0.25, 0.3) is 0 Å². The molecular weight excluding hydrogens is 606 g/mol. The quantitative estimate of drug-likeness (QED) is 0.0662. The van der Waals surface area contributed by atoms with Gasteiger partial charge in [-0.15, -0.1) is 0 Å². The van der Waals surface area contributed by atoms with Gasteiger partial charge in [-0.1, -0.05) is 116 Å². The van der Waals surface area contributed by atoms with E-state index < -0.39 is 55.2 Å². The van der Waals surface area contributed by atoms with Gasteiger partial charge in [0, 0.05) is 12.3 Å². The molecule has 0 aromatic rings. The first-order valence-corrected chi connectivity index (χ1v) is 19.0. The first kappa shape index (κ1) is 40.5. The number of carbonyl (C=O) groups is 1. The molecular formula is C36H67NO10. The third-order valence-corrected chi connectivity index (χ3v) is 10.1. The van der Waals surface area contributed by atoms with Crippen molar-refractivity contribution >= 4 is 5.91 Å². The molecule has 0 spiro atoms. The minimum absolute atomic E-state index is 0.250. The summed E-state index contributed by atoms with van der Waals surface area (Å²) in [5.41, 5.74) is 0. The van der Waals surface area contributed by atoms with Gasteiger partial charge in [0.05, 0.1) is 32.0 Å². The average molecular weight is 674 g/mol. The Balaban J connectivity index is 1.12. The van der Waals surface area contributed by atoms with E-state index >= 15 is 0 Å². The molecule has 9 atom stereocenters. The number of hydrogen-bond donors (Lipinski definition) is 6. The van der Waals surface area contributed by atoms with Crippen LogP contribution in [-0.4, -0.2) is 107 Å². The number of fused-ring (bicyclic) bond motifs is 1. The lowest BCUT2D eigenvalue weighted by molar-refractivity contribution is -0.411. The third kappa shape index (κ3) is 14.9. The van der Waals surface area contributed by atoms with Gasteiger partial charge in [-0.05, 0) is 19.3 Å². The van der Waals surface area contributed by atoms with Crippen LogP contribution in [0.2, 0.25) is 0 Å². The number of aliphatic hydroxyl groups is 5. The van der Waals surface area contributed by atoms with Crippen molar-refractivity contribution in [1.82, 2.24) is 5.32 Å². The molecule has 0 saturated carbocycles. The molecule has 0 aromatic carbocycles. The van der Waals surface area contributed by atoms with E-state index in [-0.39, 0.29) is 18.9 Å². The minimum atomic E-state index is -1.43. The molecule has 276 valence electrons. The summed E-state index contributed by atoms with van der Waals surface area (Å²) in [6.45, 7) is 3.45. The fourth-order valence-electron chi connectivity index (χ4n) is 6.75. The van der Waals surface area contributed by atoms with Gasteiger partial charge in [-0.25, -0.2) is 0 Å². The number of unbranched alkanes of at least 4 members (excludes halogenated alkanes) is 17. The molecule has 11 nitrogen and oxygen atoms in total. The van der Waals surface area contributed by atoms with Crippen molar-refractivity contribution in [3.63, 3.8) is 0 Å². The van der Waals surface area contributed by atoms with Crippen molar-refractivity contribution in [3.8, 4) is 0 Å². The average Bonchev–Trinajstić information content (AvgIpc) is 3.04. The van der Waals surface area contributed by atoms with Gasteiger partial charge >= 0.3 is 0 Å². The molecule has 3 aliphatic heterocycles. The van der Waals surface area contributed by atoms with Crippen LogP contribution in [0.15, 0.2) is 0 Å². The normalized spacial score (nSPS) is 27.8. The van der Waals surface area contributed by atoms with Crippen molar-refractivity contribution in [2.24, 2.45) is 5.92 Å². The molecule has 0 radical (unpaired) electrons. The van der Waals surface area contributed by atoms with E-state index in [1.54, 1.807) is 6.92 Å². The van der Waals surface area contributed by atoms with Gasteiger partial charge in [0.1, 0.15) is 30.5 Å². The zero-order chi connectivity index (χ0) is 33.9. The van der Waals surface area contributed by atoms with Crippen LogP contribution < -0.4 is 5.32 Å². The number of carbonyl (C=O) groups excluding carboxylic acids is 1. The van der Waals surface area contributed by atoms with E-state index in [1.807, 2.05) is 0 Å². The lowest BCUT2D eigenvalue weighted by Gasteiger charge is -2.50. The van der Waals surface area contributed by atoms with Crippen LogP contribution in [0.1, 0.15) is 142 Å². The number of ether oxygens (including phenoxy) is 4. The molecule has 11 heteroatoms. The minimum Gasteiger partial charge on any atom is -0.390 e. The molecule has 3 aliphatic rings. The van der Waals surface area contributed by atoms with Gasteiger partial charge in [-0.3, -0.25) is 4.79 Å². The monoisotopic (exact) mass is 673 g/mol. The van der Waals surface area contributed by atoms with E-state index in [0.717, 1.165) is 38.4 Å². The summed E-state index contributed by atoms with van der Waals surface area (Å²) in [5, 5.41) is 53.8. The zero-order valence-electron chi connectivity index (χ0n) is 29.0. The second kappa shape index (κ2) is 23.5. The molecule has 0 bridgehead atoms. The van der Waals surface area contributed by atoms with Crippen LogP contribution in [0, 0.1) is 5.92 Å². The Bertz CT molecular complexity index is 815. The molecule has 6 unspecified atom stereocenters. The molecule has 47 heavy (non-hydrogen) atoms. The Morgan fingerprint density at radius 3 is 1.70 bits per heavy atom. The second-order valence-corrected chi connectivity index (χ2v) is 14.2. The van der Waals surface area contributed by atoms with Crippen molar-refractivity contribution in [3.05, 3.63) is 0 Å². The highest BCUT2D eigenvalue weighted by atomic mass is 16.8. The zero-order valence-corrected chi connectivity index (χ0v) is 29.0. The van der Waals surface area contributed by atoms with Crippen LogP contribution in [0.3, 0.4) is 0 Å². The second-order valence-electron chi connectivity index (χ2n) is 14.2. The third-order valence-electron chi connectivity index (χ3n) is 10.1. The Morgan fingerprint density at radius 1 is 0.723 bits per heavy atom. The van der Waals surface area contributed by atoms with Crippen molar-refractivity contribution in [1.29, 1.82) is 0 Å². The molecule has 3 saturated heterocycles. The fraction of sp³-hybridized carbons (Fsp3) is 0.972. The van der Waals surface area contributed by atoms with Crippen LogP contribution in [0.4, 0.5) is 0 Å². The molecule has 3 heterocycles. The number of rotatable bonds is 28. The maximum absolute atomic E-state index is 12.7. The lowest BCUT2D eigenvalue weighted by atomic mass is 9.94. The van der Waals surface area contributed by atoms with E-state index in [1.165, 1.54) is 103 Å². The number of amides is 1. The maximum Gasteiger partial charge on any atom is 0.220 e. The van der Waals surface area contributed by atoms with E-state index in [2.05, 4.69) is 5.32 Å². The predicted octanol–water partition coefficient (Wildman–Crippen LogP) is 4.23. The summed E-state index contributed by atoms with van der Waals surface area (Å²) in [4.78, 5) is 12.7. The molecule has 3 rings (SSSR count). The summed E-state index contributed by atoms with van der Waals surface area (Å²) in [5.74, 6) is 0.607. The van der Waals surface area contributed by atoms with Crippen molar-refractivity contribution < 1.29 is 49.3 Å². The fourth-order valence-corrected chi connectivity index (χ4v) is 6.75. The molecule has 0 aliphatic carbocycles. The summed E-state index contributed by atoms with van der Waals surface area (Å²) in [7, 11) is 0. The Labute approximate surface area is 283 Å². The van der Waals surface area contributed by atoms with Gasteiger partial charge in [0.2, 0.25) is 5.91 Å². The summed E-state index contributed by atoms with van der Waals surface area (Å²) < 4.78 is 21.4. The largest absolute Gasteiger partial charge is 0.390 e. The maximum atomic E-state index is 12.7. The number of hydrogen-bond acceptors (Lipinski definition) is 10.